The first-order valence-electron chi connectivity index (χ1n) is 8.09. The number of nitrogens with zero attached hydrogens (tertiary/aromatic N) is 2. The van der Waals surface area contributed by atoms with Crippen LogP contribution in [0.4, 0.5) is 5.82 Å². The summed E-state index contributed by atoms with van der Waals surface area (Å²) in [5.41, 5.74) is 6.70. The third kappa shape index (κ3) is 2.62. The SMILES string of the molecule is Cc1nc(OC2CCC2)c2[nH]c(N)c(S(=O)(=O)c3ccccc3)c2n1. The van der Waals surface area contributed by atoms with Crippen molar-refractivity contribution in [3.63, 3.8) is 0 Å². The minimum Gasteiger partial charge on any atom is -0.473 e. The maximum atomic E-state index is 13.0. The molecular weight excluding hydrogens is 340 g/mol. The van der Waals surface area contributed by atoms with Gasteiger partial charge in [0.25, 0.3) is 0 Å². The zero-order valence-corrected chi connectivity index (χ0v) is 14.5. The van der Waals surface area contributed by atoms with Gasteiger partial charge in [-0.2, -0.15) is 4.98 Å². The van der Waals surface area contributed by atoms with Gasteiger partial charge in [-0.3, -0.25) is 0 Å². The van der Waals surface area contributed by atoms with Crippen molar-refractivity contribution in [3.05, 3.63) is 36.2 Å². The fourth-order valence-corrected chi connectivity index (χ4v) is 4.36. The monoisotopic (exact) mass is 358 g/mol. The molecule has 1 fully saturated rings. The number of H-pyrrole nitrogens is 1. The third-order valence-electron chi connectivity index (χ3n) is 4.36. The van der Waals surface area contributed by atoms with Crippen LogP contribution in [-0.2, 0) is 9.84 Å². The molecule has 8 heteroatoms. The molecule has 25 heavy (non-hydrogen) atoms. The number of benzene rings is 1. The molecule has 0 atom stereocenters. The maximum Gasteiger partial charge on any atom is 0.242 e. The number of nitrogens with two attached hydrogens (primary N) is 1. The van der Waals surface area contributed by atoms with E-state index in [2.05, 4.69) is 15.0 Å². The highest BCUT2D eigenvalue weighted by Crippen LogP contribution is 2.36. The summed E-state index contributed by atoms with van der Waals surface area (Å²) in [6.07, 6.45) is 3.17. The fraction of sp³-hybridized carbons (Fsp3) is 0.294. The average Bonchev–Trinajstić information content (AvgIpc) is 2.88. The van der Waals surface area contributed by atoms with Crippen molar-refractivity contribution in [2.24, 2.45) is 0 Å². The van der Waals surface area contributed by atoms with Crippen LogP contribution in [0.2, 0.25) is 0 Å². The molecule has 1 aliphatic carbocycles. The van der Waals surface area contributed by atoms with E-state index in [0.29, 0.717) is 17.2 Å². The quantitative estimate of drug-likeness (QED) is 0.741. The number of aromatic nitrogens is 3. The smallest absolute Gasteiger partial charge is 0.242 e. The first-order chi connectivity index (χ1) is 12.0. The lowest BCUT2D eigenvalue weighted by Gasteiger charge is -2.25. The zero-order valence-electron chi connectivity index (χ0n) is 13.7. The van der Waals surface area contributed by atoms with Crippen molar-refractivity contribution in [1.29, 1.82) is 0 Å². The first kappa shape index (κ1) is 15.9. The van der Waals surface area contributed by atoms with Crippen LogP contribution in [0.5, 0.6) is 5.88 Å². The highest BCUT2D eigenvalue weighted by molar-refractivity contribution is 7.92. The fourth-order valence-electron chi connectivity index (χ4n) is 2.86. The Hall–Kier alpha value is -2.61. The minimum atomic E-state index is -3.81. The summed E-state index contributed by atoms with van der Waals surface area (Å²) in [4.78, 5) is 11.7. The summed E-state index contributed by atoms with van der Waals surface area (Å²) in [7, 11) is -3.81. The van der Waals surface area contributed by atoms with Gasteiger partial charge in [0.1, 0.15) is 33.7 Å². The van der Waals surface area contributed by atoms with E-state index >= 15 is 0 Å². The molecule has 3 N–H and O–H groups in total. The van der Waals surface area contributed by atoms with E-state index in [1.807, 2.05) is 0 Å². The van der Waals surface area contributed by atoms with Gasteiger partial charge in [-0.25, -0.2) is 13.4 Å². The molecular formula is C17H18N4O3S. The average molecular weight is 358 g/mol. The van der Waals surface area contributed by atoms with Gasteiger partial charge < -0.3 is 15.5 Å². The number of fused-ring (bicyclic) bond motifs is 1. The predicted octanol–water partition coefficient (Wildman–Crippen LogP) is 2.61. The highest BCUT2D eigenvalue weighted by atomic mass is 32.2. The van der Waals surface area contributed by atoms with Crippen LogP contribution >= 0.6 is 0 Å². The van der Waals surface area contributed by atoms with Crippen molar-refractivity contribution in [3.8, 4) is 5.88 Å². The number of hydrogen-bond acceptors (Lipinski definition) is 6. The Bertz CT molecular complexity index is 1040. The second kappa shape index (κ2) is 5.73. The molecule has 0 bridgehead atoms. The van der Waals surface area contributed by atoms with Crippen molar-refractivity contribution in [2.75, 3.05) is 5.73 Å². The third-order valence-corrected chi connectivity index (χ3v) is 6.20. The van der Waals surface area contributed by atoms with E-state index in [0.717, 1.165) is 19.3 Å². The number of nitrogen functional groups attached to an aromatic ring is 1. The standard InChI is InChI=1S/C17H18N4O3S/c1-10-19-13-14(17(20-10)24-11-6-5-7-11)21-16(18)15(13)25(22,23)12-8-3-2-4-9-12/h2-4,8-9,11,21H,5-7,18H2,1H3. The molecule has 2 aromatic heterocycles. The molecule has 0 unspecified atom stereocenters. The van der Waals surface area contributed by atoms with E-state index in [9.17, 15) is 8.42 Å². The van der Waals surface area contributed by atoms with Gasteiger partial charge in [-0.15, -0.1) is 0 Å². The van der Waals surface area contributed by atoms with Gasteiger partial charge >= 0.3 is 0 Å². The Morgan fingerprint density at radius 3 is 2.56 bits per heavy atom. The van der Waals surface area contributed by atoms with E-state index in [1.165, 1.54) is 12.1 Å². The first-order valence-corrected chi connectivity index (χ1v) is 9.57. The van der Waals surface area contributed by atoms with Gasteiger partial charge in [0.2, 0.25) is 15.7 Å². The molecule has 0 amide bonds. The molecule has 3 aromatic rings. The van der Waals surface area contributed by atoms with Crippen LogP contribution < -0.4 is 10.5 Å². The van der Waals surface area contributed by atoms with Crippen molar-refractivity contribution < 1.29 is 13.2 Å². The molecule has 1 saturated carbocycles. The van der Waals surface area contributed by atoms with Crippen LogP contribution in [-0.4, -0.2) is 29.5 Å². The van der Waals surface area contributed by atoms with Crippen LogP contribution in [0, 0.1) is 6.92 Å². The summed E-state index contributed by atoms with van der Waals surface area (Å²) in [6.45, 7) is 1.70. The number of aromatic amines is 1. The number of aryl methyl sites for hydroxylation is 1. The second-order valence-electron chi connectivity index (χ2n) is 6.15. The Kier molecular flexibility index (Phi) is 3.64. The minimum absolute atomic E-state index is 0.0299. The molecule has 0 radical (unpaired) electrons. The lowest BCUT2D eigenvalue weighted by Crippen LogP contribution is -2.25. The summed E-state index contributed by atoms with van der Waals surface area (Å²) in [5.74, 6) is 0.830. The largest absolute Gasteiger partial charge is 0.473 e. The number of anilines is 1. The van der Waals surface area contributed by atoms with Crippen LogP contribution in [0.25, 0.3) is 11.0 Å². The van der Waals surface area contributed by atoms with E-state index in [-0.39, 0.29) is 27.2 Å². The number of rotatable bonds is 4. The molecule has 0 aliphatic heterocycles. The summed E-state index contributed by atoms with van der Waals surface area (Å²) in [6, 6.07) is 8.17. The molecule has 0 spiro atoms. The summed E-state index contributed by atoms with van der Waals surface area (Å²) >= 11 is 0. The van der Waals surface area contributed by atoms with Crippen molar-refractivity contribution >= 4 is 26.7 Å². The maximum absolute atomic E-state index is 13.0. The van der Waals surface area contributed by atoms with E-state index in [1.54, 1.807) is 25.1 Å². The van der Waals surface area contributed by atoms with Gasteiger partial charge in [0, 0.05) is 0 Å². The Morgan fingerprint density at radius 1 is 1.20 bits per heavy atom. The van der Waals surface area contributed by atoms with Crippen LogP contribution in [0.1, 0.15) is 25.1 Å². The number of nitrogens with one attached hydrogen (secondary N) is 1. The van der Waals surface area contributed by atoms with Crippen LogP contribution in [0.3, 0.4) is 0 Å². The molecule has 0 saturated heterocycles. The Labute approximate surface area is 145 Å². The lowest BCUT2D eigenvalue weighted by molar-refractivity contribution is 0.116. The predicted molar refractivity (Wildman–Crippen MR) is 93.2 cm³/mol. The molecule has 4 rings (SSSR count). The van der Waals surface area contributed by atoms with Gasteiger partial charge in [0.05, 0.1) is 4.90 Å². The van der Waals surface area contributed by atoms with Gasteiger partial charge in [0.15, 0.2) is 0 Å². The zero-order chi connectivity index (χ0) is 17.6. The number of sulfone groups is 1. The van der Waals surface area contributed by atoms with Crippen molar-refractivity contribution in [1.82, 2.24) is 15.0 Å². The molecule has 2 heterocycles. The van der Waals surface area contributed by atoms with Crippen molar-refractivity contribution in [2.45, 2.75) is 42.1 Å². The van der Waals surface area contributed by atoms with Gasteiger partial charge in [-0.05, 0) is 38.3 Å². The normalized spacial score (nSPS) is 15.2. The Balaban J connectivity index is 1.92. The molecule has 130 valence electrons. The van der Waals surface area contributed by atoms with E-state index in [4.69, 9.17) is 10.5 Å². The molecule has 1 aromatic carbocycles. The molecule has 1 aliphatic rings. The summed E-state index contributed by atoms with van der Waals surface area (Å²) in [5, 5.41) is 0. The van der Waals surface area contributed by atoms with Gasteiger partial charge in [-0.1, -0.05) is 18.2 Å². The van der Waals surface area contributed by atoms with E-state index < -0.39 is 9.84 Å². The summed E-state index contributed by atoms with van der Waals surface area (Å²) < 4.78 is 32.0. The van der Waals surface area contributed by atoms with Crippen LogP contribution in [0.15, 0.2) is 40.1 Å². The molecule has 7 nitrogen and oxygen atoms in total. The number of ether oxygens (including phenoxy) is 1. The highest BCUT2D eigenvalue weighted by Gasteiger charge is 2.29. The number of hydrogen-bond donors (Lipinski definition) is 2. The lowest BCUT2D eigenvalue weighted by atomic mass is 9.96. The second-order valence-corrected chi connectivity index (χ2v) is 8.04. The topological polar surface area (TPSA) is 111 Å². The Morgan fingerprint density at radius 2 is 1.92 bits per heavy atom.